The molecule has 39 heavy (non-hydrogen) atoms. The van der Waals surface area contributed by atoms with Crippen LogP contribution in [0.2, 0.25) is 0 Å². The predicted octanol–water partition coefficient (Wildman–Crippen LogP) is 6.94. The summed E-state index contributed by atoms with van der Waals surface area (Å²) in [5, 5.41) is 2.47. The van der Waals surface area contributed by atoms with Crippen molar-refractivity contribution < 1.29 is 17.9 Å². The fourth-order valence-electron chi connectivity index (χ4n) is 4.56. The van der Waals surface area contributed by atoms with E-state index in [9.17, 15) is 18.0 Å². The zero-order valence-electron chi connectivity index (χ0n) is 23.9. The fraction of sp³-hybridized carbons (Fsp3) is 0.586. The van der Waals surface area contributed by atoms with E-state index in [1.165, 1.54) is 6.92 Å². The number of benzene rings is 1. The molecular formula is C29H42BrF3N4O2. The van der Waals surface area contributed by atoms with Crippen molar-refractivity contribution in [3.05, 3.63) is 45.4 Å². The number of aryl methyl sites for hydroxylation is 1. The minimum absolute atomic E-state index is 0.00919. The Labute approximate surface area is 237 Å². The van der Waals surface area contributed by atoms with Crippen LogP contribution in [0.3, 0.4) is 0 Å². The third kappa shape index (κ3) is 9.76. The molecule has 4 N–H and O–H groups in total. The van der Waals surface area contributed by atoms with Crippen LogP contribution in [0.25, 0.3) is 21.7 Å². The molecule has 0 aliphatic rings. The zero-order valence-corrected chi connectivity index (χ0v) is 25.5. The van der Waals surface area contributed by atoms with E-state index in [1.807, 2.05) is 39.0 Å². The van der Waals surface area contributed by atoms with Crippen molar-refractivity contribution in [2.75, 3.05) is 6.61 Å². The average Bonchev–Trinajstić information content (AvgIpc) is 2.79. The molecule has 218 valence electrons. The smallest absolute Gasteiger partial charge is 0.391 e. The van der Waals surface area contributed by atoms with Gasteiger partial charge in [-0.2, -0.15) is 13.2 Å². The van der Waals surface area contributed by atoms with Gasteiger partial charge in [0.25, 0.3) is 5.56 Å². The van der Waals surface area contributed by atoms with Gasteiger partial charge >= 0.3 is 6.18 Å². The SMILES string of the molecule is CC(C)C[C@H](N)COc1cc2c(cc1Br)c1ccncc1c(=O)n2C.CC(CC(N)CC(C)(C)C)C(F)(F)F. The van der Waals surface area contributed by atoms with Crippen LogP contribution in [-0.2, 0) is 7.05 Å². The van der Waals surface area contributed by atoms with Gasteiger partial charge < -0.3 is 20.8 Å². The van der Waals surface area contributed by atoms with Crippen molar-refractivity contribution in [3.63, 3.8) is 0 Å². The van der Waals surface area contributed by atoms with Gasteiger partial charge in [-0.3, -0.25) is 9.78 Å². The van der Waals surface area contributed by atoms with Crippen molar-refractivity contribution in [2.24, 2.45) is 35.8 Å². The van der Waals surface area contributed by atoms with Crippen molar-refractivity contribution in [1.82, 2.24) is 9.55 Å². The first kappa shape index (κ1) is 33.0. The van der Waals surface area contributed by atoms with E-state index in [0.29, 0.717) is 30.1 Å². The Hall–Kier alpha value is -2.17. The van der Waals surface area contributed by atoms with Gasteiger partial charge in [-0.25, -0.2) is 0 Å². The van der Waals surface area contributed by atoms with E-state index >= 15 is 0 Å². The molecule has 6 nitrogen and oxygen atoms in total. The number of pyridine rings is 2. The lowest BCUT2D eigenvalue weighted by Gasteiger charge is -2.26. The standard InChI is InChI=1S/C19H22BrN3O2.C10H20F3N/c1-11(2)6-12(21)10-25-18-8-17-14(7-16(18)20)13-4-5-22-9-15(13)19(24)23(17)3;1-7(10(11,12)13)5-8(14)6-9(2,3)4/h4-5,7-9,11-12H,6,10,21H2,1-3H3;7-8H,5-6,14H2,1-4H3/t12-;/m0./s1. The second-order valence-corrected chi connectivity index (χ2v) is 12.8. The van der Waals surface area contributed by atoms with Crippen molar-refractivity contribution in [2.45, 2.75) is 79.1 Å². The molecule has 3 atom stereocenters. The van der Waals surface area contributed by atoms with Crippen LogP contribution in [0, 0.1) is 17.3 Å². The fourth-order valence-corrected chi connectivity index (χ4v) is 5.02. The molecule has 0 saturated heterocycles. The molecule has 10 heteroatoms. The largest absolute Gasteiger partial charge is 0.491 e. The van der Waals surface area contributed by atoms with E-state index in [0.717, 1.165) is 27.2 Å². The van der Waals surface area contributed by atoms with Gasteiger partial charge in [-0.05, 0) is 64.0 Å². The quantitative estimate of drug-likeness (QED) is 0.268. The van der Waals surface area contributed by atoms with Gasteiger partial charge in [0.1, 0.15) is 12.4 Å². The van der Waals surface area contributed by atoms with Gasteiger partial charge in [0.15, 0.2) is 0 Å². The van der Waals surface area contributed by atoms with Crippen LogP contribution in [0.5, 0.6) is 5.75 Å². The maximum atomic E-state index is 12.6. The summed E-state index contributed by atoms with van der Waals surface area (Å²) in [6, 6.07) is 5.36. The van der Waals surface area contributed by atoms with E-state index in [1.54, 1.807) is 24.0 Å². The molecule has 1 aromatic carbocycles. The molecule has 0 aliphatic heterocycles. The summed E-state index contributed by atoms with van der Waals surface area (Å²) < 4.78 is 44.9. The van der Waals surface area contributed by atoms with Crippen molar-refractivity contribution in [3.8, 4) is 5.75 Å². The maximum Gasteiger partial charge on any atom is 0.391 e. The lowest BCUT2D eigenvalue weighted by Crippen LogP contribution is -2.32. The molecule has 0 radical (unpaired) electrons. The lowest BCUT2D eigenvalue weighted by molar-refractivity contribution is -0.172. The van der Waals surface area contributed by atoms with Crippen LogP contribution in [0.4, 0.5) is 13.2 Å². The van der Waals surface area contributed by atoms with E-state index in [-0.39, 0.29) is 29.5 Å². The number of alkyl halides is 3. The van der Waals surface area contributed by atoms with Gasteiger partial charge in [0.2, 0.25) is 0 Å². The highest BCUT2D eigenvalue weighted by molar-refractivity contribution is 9.10. The Morgan fingerprint density at radius 2 is 1.67 bits per heavy atom. The summed E-state index contributed by atoms with van der Waals surface area (Å²) in [6.07, 6.45) is 0.732. The van der Waals surface area contributed by atoms with Gasteiger partial charge in [-0.15, -0.1) is 0 Å². The minimum Gasteiger partial charge on any atom is -0.491 e. The molecule has 2 heterocycles. The number of rotatable bonds is 8. The molecule has 3 aromatic rings. The monoisotopic (exact) mass is 614 g/mol. The normalized spacial score (nSPS) is 14.7. The summed E-state index contributed by atoms with van der Waals surface area (Å²) >= 11 is 3.58. The van der Waals surface area contributed by atoms with Gasteiger partial charge in [0.05, 0.1) is 21.3 Å². The van der Waals surface area contributed by atoms with Crippen LogP contribution in [0.15, 0.2) is 39.9 Å². The Balaban J connectivity index is 0.000000326. The van der Waals surface area contributed by atoms with Crippen molar-refractivity contribution >= 4 is 37.6 Å². The molecule has 0 aliphatic carbocycles. The first-order valence-corrected chi connectivity index (χ1v) is 14.0. The Bertz CT molecular complexity index is 1300. The zero-order chi connectivity index (χ0) is 29.7. The Morgan fingerprint density at radius 1 is 1.03 bits per heavy atom. The topological polar surface area (TPSA) is 96.2 Å². The van der Waals surface area contributed by atoms with Crippen molar-refractivity contribution in [1.29, 1.82) is 0 Å². The summed E-state index contributed by atoms with van der Waals surface area (Å²) in [4.78, 5) is 16.6. The van der Waals surface area contributed by atoms with E-state index in [4.69, 9.17) is 16.2 Å². The lowest BCUT2D eigenvalue weighted by atomic mass is 9.85. The van der Waals surface area contributed by atoms with Crippen LogP contribution >= 0.6 is 15.9 Å². The second-order valence-electron chi connectivity index (χ2n) is 12.0. The highest BCUT2D eigenvalue weighted by atomic mass is 79.9. The summed E-state index contributed by atoms with van der Waals surface area (Å²) in [7, 11) is 1.76. The molecule has 0 spiro atoms. The number of hydrogen-bond donors (Lipinski definition) is 2. The number of hydrogen-bond acceptors (Lipinski definition) is 5. The van der Waals surface area contributed by atoms with E-state index in [2.05, 4.69) is 34.8 Å². The van der Waals surface area contributed by atoms with Crippen LogP contribution < -0.4 is 21.8 Å². The van der Waals surface area contributed by atoms with Crippen LogP contribution in [-0.4, -0.2) is 34.4 Å². The molecule has 3 rings (SSSR count). The third-order valence-electron chi connectivity index (χ3n) is 6.37. The first-order chi connectivity index (χ1) is 17.9. The summed E-state index contributed by atoms with van der Waals surface area (Å²) in [5.74, 6) is -0.0885. The third-order valence-corrected chi connectivity index (χ3v) is 6.99. The minimum atomic E-state index is -4.12. The van der Waals surface area contributed by atoms with Crippen LogP contribution in [0.1, 0.15) is 60.8 Å². The molecule has 0 saturated carbocycles. The molecule has 0 amide bonds. The predicted molar refractivity (Wildman–Crippen MR) is 157 cm³/mol. The number of halogens is 4. The first-order valence-electron chi connectivity index (χ1n) is 13.2. The highest BCUT2D eigenvalue weighted by Crippen LogP contribution is 2.33. The highest BCUT2D eigenvalue weighted by Gasteiger charge is 2.37. The average molecular weight is 616 g/mol. The maximum absolute atomic E-state index is 12.6. The molecule has 0 fully saturated rings. The molecule has 0 bridgehead atoms. The van der Waals surface area contributed by atoms with Gasteiger partial charge in [0, 0.05) is 43.0 Å². The number of ether oxygens (including phenoxy) is 1. The second kappa shape index (κ2) is 13.5. The Kier molecular flexibility index (Phi) is 11.4. The molecule has 2 aromatic heterocycles. The summed E-state index contributed by atoms with van der Waals surface area (Å²) in [5.41, 5.74) is 12.5. The van der Waals surface area contributed by atoms with E-state index < -0.39 is 12.1 Å². The van der Waals surface area contributed by atoms with Gasteiger partial charge in [-0.1, -0.05) is 41.5 Å². The number of fused-ring (bicyclic) bond motifs is 3. The number of nitrogens with two attached hydrogens (primary N) is 2. The molecular weight excluding hydrogens is 573 g/mol. The Morgan fingerprint density at radius 3 is 2.23 bits per heavy atom. The molecule has 2 unspecified atom stereocenters. The number of nitrogens with zero attached hydrogens (tertiary/aromatic N) is 2. The number of aromatic nitrogens is 2. The summed E-state index contributed by atoms with van der Waals surface area (Å²) in [6.45, 7) is 11.8.